The van der Waals surface area contributed by atoms with Gasteiger partial charge in [0.2, 0.25) is 0 Å². The summed E-state index contributed by atoms with van der Waals surface area (Å²) in [5, 5.41) is 12.9. The standard InChI is InChI=1S/C32H45FO4Si/c1-24(2)37-31(35)21-15-7-6-14-20-27-28(29(33)22-30(27)34)23-36-38(32(3,4)5,25-16-10-8-11-17-25)26-18-12-9-13-19-26/h6,8-14,16-19,24,27-30,34H,7,15,20-23H2,1-5H3/b14-6+/t27-,28-,29+,30+/m1/s1. The number of rotatable bonds is 12. The maximum atomic E-state index is 15.3. The second-order valence-corrected chi connectivity index (χ2v) is 16.1. The van der Waals surface area contributed by atoms with Crippen LogP contribution in [0.25, 0.3) is 0 Å². The first-order valence-electron chi connectivity index (χ1n) is 14.0. The number of alkyl halides is 1. The third kappa shape index (κ3) is 7.43. The van der Waals surface area contributed by atoms with Gasteiger partial charge in [-0.15, -0.1) is 0 Å². The molecule has 4 atom stereocenters. The van der Waals surface area contributed by atoms with Gasteiger partial charge >= 0.3 is 5.97 Å². The summed E-state index contributed by atoms with van der Waals surface area (Å²) in [7, 11) is -2.78. The highest BCUT2D eigenvalue weighted by Crippen LogP contribution is 2.41. The molecule has 0 saturated heterocycles. The second-order valence-electron chi connectivity index (χ2n) is 11.8. The third-order valence-corrected chi connectivity index (χ3v) is 12.6. The predicted molar refractivity (Wildman–Crippen MR) is 155 cm³/mol. The van der Waals surface area contributed by atoms with Gasteiger partial charge in [-0.3, -0.25) is 4.79 Å². The van der Waals surface area contributed by atoms with Gasteiger partial charge in [0.05, 0.1) is 12.2 Å². The molecule has 6 heteroatoms. The maximum absolute atomic E-state index is 15.3. The van der Waals surface area contributed by atoms with Crippen molar-refractivity contribution in [1.82, 2.24) is 0 Å². The number of ether oxygens (including phenoxy) is 1. The molecule has 1 saturated carbocycles. The lowest BCUT2D eigenvalue weighted by Crippen LogP contribution is -2.67. The zero-order valence-corrected chi connectivity index (χ0v) is 24.6. The fourth-order valence-corrected chi connectivity index (χ4v) is 10.3. The van der Waals surface area contributed by atoms with Gasteiger partial charge in [-0.05, 0) is 54.4 Å². The van der Waals surface area contributed by atoms with E-state index in [1.54, 1.807) is 0 Å². The Hall–Kier alpha value is -2.28. The van der Waals surface area contributed by atoms with Crippen molar-refractivity contribution in [1.29, 1.82) is 0 Å². The van der Waals surface area contributed by atoms with E-state index in [1.165, 1.54) is 10.4 Å². The molecule has 0 bridgehead atoms. The molecule has 3 rings (SSSR count). The van der Waals surface area contributed by atoms with Gasteiger partial charge in [0.1, 0.15) is 6.17 Å². The Morgan fingerprint density at radius 1 is 1.03 bits per heavy atom. The molecule has 38 heavy (non-hydrogen) atoms. The molecular weight excluding hydrogens is 495 g/mol. The van der Waals surface area contributed by atoms with Crippen LogP contribution in [-0.4, -0.2) is 44.4 Å². The van der Waals surface area contributed by atoms with Crippen molar-refractivity contribution < 1.29 is 23.5 Å². The highest BCUT2D eigenvalue weighted by Gasteiger charge is 2.52. The van der Waals surface area contributed by atoms with Crippen molar-refractivity contribution in [2.45, 2.75) is 90.1 Å². The summed E-state index contributed by atoms with van der Waals surface area (Å²) in [5.74, 6) is -0.761. The molecule has 0 unspecified atom stereocenters. The van der Waals surface area contributed by atoms with Gasteiger partial charge in [-0.2, -0.15) is 0 Å². The van der Waals surface area contributed by atoms with Gasteiger partial charge in [-0.25, -0.2) is 4.39 Å². The minimum atomic E-state index is -2.78. The summed E-state index contributed by atoms with van der Waals surface area (Å²) in [6, 6.07) is 20.7. The summed E-state index contributed by atoms with van der Waals surface area (Å²) in [5.41, 5.74) is 0. The first-order chi connectivity index (χ1) is 18.1. The molecule has 0 radical (unpaired) electrons. The lowest BCUT2D eigenvalue weighted by molar-refractivity contribution is -0.147. The van der Waals surface area contributed by atoms with E-state index in [2.05, 4.69) is 45.0 Å². The average Bonchev–Trinajstić information content (AvgIpc) is 3.13. The van der Waals surface area contributed by atoms with Crippen molar-refractivity contribution in [2.24, 2.45) is 11.8 Å². The number of esters is 1. The van der Waals surface area contributed by atoms with Crippen LogP contribution in [-0.2, 0) is 14.0 Å². The molecule has 0 heterocycles. The summed E-state index contributed by atoms with van der Waals surface area (Å²) >= 11 is 0. The van der Waals surface area contributed by atoms with Gasteiger partial charge < -0.3 is 14.3 Å². The molecule has 0 aromatic heterocycles. The molecule has 1 fully saturated rings. The third-order valence-electron chi connectivity index (χ3n) is 7.58. The molecule has 2 aromatic carbocycles. The quantitative estimate of drug-likeness (QED) is 0.156. The highest BCUT2D eigenvalue weighted by atomic mass is 28.4. The van der Waals surface area contributed by atoms with Crippen LogP contribution in [0, 0.1) is 11.8 Å². The number of halogens is 1. The fraction of sp³-hybridized carbons (Fsp3) is 0.531. The molecule has 1 N–H and O–H groups in total. The lowest BCUT2D eigenvalue weighted by atomic mass is 9.91. The zero-order chi connectivity index (χ0) is 27.8. The summed E-state index contributed by atoms with van der Waals surface area (Å²) in [4.78, 5) is 11.7. The van der Waals surface area contributed by atoms with E-state index < -0.39 is 20.6 Å². The smallest absolute Gasteiger partial charge is 0.306 e. The molecule has 4 nitrogen and oxygen atoms in total. The van der Waals surface area contributed by atoms with Crippen LogP contribution in [0.15, 0.2) is 72.8 Å². The van der Waals surface area contributed by atoms with Crippen molar-refractivity contribution in [3.8, 4) is 0 Å². The zero-order valence-electron chi connectivity index (χ0n) is 23.6. The molecular formula is C32H45FO4Si. The highest BCUT2D eigenvalue weighted by molar-refractivity contribution is 6.99. The number of carbonyl (C=O) groups is 1. The van der Waals surface area contributed by atoms with Gasteiger partial charge in [0.15, 0.2) is 0 Å². The Labute approximate surface area is 229 Å². The van der Waals surface area contributed by atoms with Crippen LogP contribution in [0.3, 0.4) is 0 Å². The second kappa shape index (κ2) is 13.7. The largest absolute Gasteiger partial charge is 0.463 e. The molecule has 1 aliphatic carbocycles. The van der Waals surface area contributed by atoms with Crippen molar-refractivity contribution in [2.75, 3.05) is 6.61 Å². The molecule has 1 aliphatic rings. The number of carbonyl (C=O) groups excluding carboxylic acids is 1. The minimum absolute atomic E-state index is 0.0986. The van der Waals surface area contributed by atoms with Crippen LogP contribution in [0.5, 0.6) is 0 Å². The van der Waals surface area contributed by atoms with E-state index in [4.69, 9.17) is 9.16 Å². The maximum Gasteiger partial charge on any atom is 0.306 e. The number of hydrogen-bond donors (Lipinski definition) is 1. The Morgan fingerprint density at radius 2 is 1.61 bits per heavy atom. The average molecular weight is 541 g/mol. The summed E-state index contributed by atoms with van der Waals surface area (Å²) < 4.78 is 27.5. The minimum Gasteiger partial charge on any atom is -0.463 e. The summed E-state index contributed by atoms with van der Waals surface area (Å²) in [6.07, 6.45) is 4.74. The number of unbranched alkanes of at least 4 members (excludes halogenated alkanes) is 1. The Morgan fingerprint density at radius 3 is 2.13 bits per heavy atom. The molecule has 2 aromatic rings. The number of aliphatic hydroxyl groups is 1. The Kier molecular flexibility index (Phi) is 10.9. The first-order valence-corrected chi connectivity index (χ1v) is 15.9. The van der Waals surface area contributed by atoms with Crippen LogP contribution < -0.4 is 10.4 Å². The van der Waals surface area contributed by atoms with E-state index in [0.717, 1.165) is 6.42 Å². The SMILES string of the molecule is CC(C)OC(=O)CCC/C=C/C[C@@H]1[C@@H](CO[Si](c2ccccc2)(c2ccccc2)C(C)(C)C)[C@@H](F)C[C@@H]1O. The van der Waals surface area contributed by atoms with Crippen LogP contribution >= 0.6 is 0 Å². The van der Waals surface area contributed by atoms with Crippen LogP contribution in [0.2, 0.25) is 5.04 Å². The molecule has 0 spiro atoms. The van der Waals surface area contributed by atoms with Gasteiger partial charge in [0, 0.05) is 25.4 Å². The van der Waals surface area contributed by atoms with Gasteiger partial charge in [0.25, 0.3) is 8.32 Å². The van der Waals surface area contributed by atoms with Crippen LogP contribution in [0.1, 0.15) is 66.7 Å². The normalized spacial score (nSPS) is 22.3. The topological polar surface area (TPSA) is 55.8 Å². The van der Waals surface area contributed by atoms with Crippen molar-refractivity contribution in [3.63, 3.8) is 0 Å². The lowest BCUT2D eigenvalue weighted by Gasteiger charge is -2.44. The van der Waals surface area contributed by atoms with E-state index in [0.29, 0.717) is 19.3 Å². The number of hydrogen-bond acceptors (Lipinski definition) is 4. The van der Waals surface area contributed by atoms with Crippen molar-refractivity contribution >= 4 is 24.7 Å². The van der Waals surface area contributed by atoms with Crippen molar-refractivity contribution in [3.05, 3.63) is 72.8 Å². The summed E-state index contributed by atoms with van der Waals surface area (Å²) in [6.45, 7) is 10.6. The van der Waals surface area contributed by atoms with E-state index in [1.807, 2.05) is 62.4 Å². The Balaban J connectivity index is 1.74. The molecule has 0 amide bonds. The van der Waals surface area contributed by atoms with E-state index >= 15 is 4.39 Å². The molecule has 208 valence electrons. The van der Waals surface area contributed by atoms with E-state index in [-0.39, 0.29) is 42.0 Å². The van der Waals surface area contributed by atoms with E-state index in [9.17, 15) is 9.90 Å². The van der Waals surface area contributed by atoms with Gasteiger partial charge in [-0.1, -0.05) is 93.6 Å². The predicted octanol–water partition coefficient (Wildman–Crippen LogP) is 5.97. The first kappa shape index (κ1) is 30.3. The molecule has 0 aliphatic heterocycles. The number of aliphatic hydroxyl groups excluding tert-OH is 1. The number of allylic oxidation sites excluding steroid dienone is 2. The number of benzene rings is 2. The fourth-order valence-electron chi connectivity index (χ4n) is 5.73. The monoisotopic (exact) mass is 540 g/mol. The van der Waals surface area contributed by atoms with Crippen LogP contribution in [0.4, 0.5) is 4.39 Å². The Bertz CT molecular complexity index is 979.